The molecule has 0 saturated carbocycles. The lowest BCUT2D eigenvalue weighted by Crippen LogP contribution is -1.96. The molecule has 0 radical (unpaired) electrons. The molecular formula is C9H8N2O3. The molecule has 0 saturated heterocycles. The van der Waals surface area contributed by atoms with Crippen LogP contribution in [0.1, 0.15) is 23.2 Å². The SMILES string of the molecule is CCc1nc2cc(C(=O)O)cnc2o1. The highest BCUT2D eigenvalue weighted by molar-refractivity contribution is 5.90. The van der Waals surface area contributed by atoms with Crippen molar-refractivity contribution in [2.75, 3.05) is 0 Å². The van der Waals surface area contributed by atoms with Crippen LogP contribution in [0.3, 0.4) is 0 Å². The Hall–Kier alpha value is -1.91. The summed E-state index contributed by atoms with van der Waals surface area (Å²) in [4.78, 5) is 18.6. The Kier molecular flexibility index (Phi) is 1.92. The van der Waals surface area contributed by atoms with Gasteiger partial charge in [0, 0.05) is 12.6 Å². The van der Waals surface area contributed by atoms with Crippen LogP contribution in [0.2, 0.25) is 0 Å². The predicted molar refractivity (Wildman–Crippen MR) is 48.1 cm³/mol. The number of carbonyl (C=O) groups is 1. The van der Waals surface area contributed by atoms with E-state index >= 15 is 0 Å². The Morgan fingerprint density at radius 2 is 2.43 bits per heavy atom. The Balaban J connectivity index is 2.59. The first kappa shape index (κ1) is 8.68. The van der Waals surface area contributed by atoms with E-state index in [-0.39, 0.29) is 5.56 Å². The van der Waals surface area contributed by atoms with E-state index in [1.807, 2.05) is 6.92 Å². The third kappa shape index (κ3) is 1.32. The van der Waals surface area contributed by atoms with Gasteiger partial charge in [-0.3, -0.25) is 0 Å². The number of rotatable bonds is 2. The van der Waals surface area contributed by atoms with Crippen molar-refractivity contribution < 1.29 is 14.3 Å². The topological polar surface area (TPSA) is 76.2 Å². The molecule has 5 nitrogen and oxygen atoms in total. The molecule has 2 rings (SSSR count). The first-order valence-electron chi connectivity index (χ1n) is 4.19. The third-order valence-corrected chi connectivity index (χ3v) is 1.84. The first-order chi connectivity index (χ1) is 6.70. The molecule has 0 spiro atoms. The highest BCUT2D eigenvalue weighted by Gasteiger charge is 2.09. The van der Waals surface area contributed by atoms with Crippen LogP contribution in [0, 0.1) is 0 Å². The van der Waals surface area contributed by atoms with E-state index in [1.54, 1.807) is 0 Å². The molecule has 0 aromatic carbocycles. The molecule has 0 amide bonds. The Labute approximate surface area is 79.4 Å². The lowest BCUT2D eigenvalue weighted by molar-refractivity contribution is 0.0696. The van der Waals surface area contributed by atoms with Crippen molar-refractivity contribution in [2.24, 2.45) is 0 Å². The molecule has 5 heteroatoms. The molecule has 0 bridgehead atoms. The van der Waals surface area contributed by atoms with Gasteiger partial charge >= 0.3 is 5.97 Å². The van der Waals surface area contributed by atoms with E-state index in [0.29, 0.717) is 23.5 Å². The lowest BCUT2D eigenvalue weighted by atomic mass is 10.3. The van der Waals surface area contributed by atoms with Crippen LogP contribution in [0.4, 0.5) is 0 Å². The molecule has 14 heavy (non-hydrogen) atoms. The third-order valence-electron chi connectivity index (χ3n) is 1.84. The number of fused-ring (bicyclic) bond motifs is 1. The monoisotopic (exact) mass is 192 g/mol. The molecule has 0 aliphatic heterocycles. The second-order valence-corrected chi connectivity index (χ2v) is 2.81. The second kappa shape index (κ2) is 3.10. The quantitative estimate of drug-likeness (QED) is 0.779. The zero-order valence-corrected chi connectivity index (χ0v) is 7.52. The van der Waals surface area contributed by atoms with Crippen LogP contribution in [-0.2, 0) is 6.42 Å². The Morgan fingerprint density at radius 1 is 1.64 bits per heavy atom. The van der Waals surface area contributed by atoms with Crippen molar-refractivity contribution in [3.05, 3.63) is 23.7 Å². The summed E-state index contributed by atoms with van der Waals surface area (Å²) < 4.78 is 5.24. The van der Waals surface area contributed by atoms with Crippen LogP contribution in [0.15, 0.2) is 16.7 Å². The van der Waals surface area contributed by atoms with Crippen LogP contribution < -0.4 is 0 Å². The predicted octanol–water partition coefficient (Wildman–Crippen LogP) is 1.48. The van der Waals surface area contributed by atoms with E-state index in [2.05, 4.69) is 9.97 Å². The highest BCUT2D eigenvalue weighted by Crippen LogP contribution is 2.14. The molecule has 0 aliphatic rings. The zero-order valence-electron chi connectivity index (χ0n) is 7.52. The number of hydrogen-bond donors (Lipinski definition) is 1. The van der Waals surface area contributed by atoms with Gasteiger partial charge < -0.3 is 9.52 Å². The molecule has 2 aromatic heterocycles. The number of nitrogens with zero attached hydrogens (tertiary/aromatic N) is 2. The van der Waals surface area contributed by atoms with Gasteiger partial charge in [-0.25, -0.2) is 14.8 Å². The van der Waals surface area contributed by atoms with E-state index in [1.165, 1.54) is 12.3 Å². The van der Waals surface area contributed by atoms with Gasteiger partial charge in [-0.15, -0.1) is 0 Å². The molecule has 0 fully saturated rings. The minimum atomic E-state index is -1.01. The van der Waals surface area contributed by atoms with Gasteiger partial charge in [0.05, 0.1) is 5.56 Å². The number of aryl methyl sites for hydroxylation is 1. The zero-order chi connectivity index (χ0) is 10.1. The number of aromatic carboxylic acids is 1. The van der Waals surface area contributed by atoms with E-state index < -0.39 is 5.97 Å². The second-order valence-electron chi connectivity index (χ2n) is 2.81. The molecule has 0 unspecified atom stereocenters. The number of carboxylic acid groups (broad SMARTS) is 1. The minimum absolute atomic E-state index is 0.119. The van der Waals surface area contributed by atoms with Crippen LogP contribution >= 0.6 is 0 Å². The van der Waals surface area contributed by atoms with Crippen molar-refractivity contribution in [2.45, 2.75) is 13.3 Å². The van der Waals surface area contributed by atoms with Crippen molar-refractivity contribution in [1.29, 1.82) is 0 Å². The Bertz CT molecular complexity index is 490. The normalized spacial score (nSPS) is 10.6. The van der Waals surface area contributed by atoms with Crippen molar-refractivity contribution in [3.63, 3.8) is 0 Å². The van der Waals surface area contributed by atoms with Gasteiger partial charge in [0.1, 0.15) is 5.52 Å². The van der Waals surface area contributed by atoms with Crippen LogP contribution in [0.25, 0.3) is 11.2 Å². The largest absolute Gasteiger partial charge is 0.478 e. The summed E-state index contributed by atoms with van der Waals surface area (Å²) in [7, 11) is 0. The van der Waals surface area contributed by atoms with E-state index in [0.717, 1.165) is 0 Å². The molecule has 2 aromatic rings. The van der Waals surface area contributed by atoms with Crippen molar-refractivity contribution in [1.82, 2.24) is 9.97 Å². The van der Waals surface area contributed by atoms with Gasteiger partial charge in [-0.05, 0) is 6.07 Å². The summed E-state index contributed by atoms with van der Waals surface area (Å²) in [6.07, 6.45) is 1.92. The fraction of sp³-hybridized carbons (Fsp3) is 0.222. The van der Waals surface area contributed by atoms with Crippen molar-refractivity contribution in [3.8, 4) is 0 Å². The molecular weight excluding hydrogens is 184 g/mol. The maximum atomic E-state index is 10.6. The number of pyridine rings is 1. The Morgan fingerprint density at radius 3 is 3.07 bits per heavy atom. The maximum absolute atomic E-state index is 10.6. The standard InChI is InChI=1S/C9H8N2O3/c1-2-7-11-6-3-5(9(12)13)4-10-8(6)14-7/h3-4H,2H2,1H3,(H,12,13). The number of hydrogen-bond acceptors (Lipinski definition) is 4. The van der Waals surface area contributed by atoms with Crippen LogP contribution in [0.5, 0.6) is 0 Å². The highest BCUT2D eigenvalue weighted by atomic mass is 16.4. The van der Waals surface area contributed by atoms with Gasteiger partial charge in [0.2, 0.25) is 5.71 Å². The molecule has 0 atom stereocenters. The molecule has 0 aliphatic carbocycles. The molecule has 1 N–H and O–H groups in total. The summed E-state index contributed by atoms with van der Waals surface area (Å²) in [5.41, 5.74) is 0.988. The van der Waals surface area contributed by atoms with Gasteiger partial charge in [-0.2, -0.15) is 0 Å². The van der Waals surface area contributed by atoms with Crippen LogP contribution in [-0.4, -0.2) is 21.0 Å². The molecule has 72 valence electrons. The van der Waals surface area contributed by atoms with E-state index in [4.69, 9.17) is 9.52 Å². The lowest BCUT2D eigenvalue weighted by Gasteiger charge is -1.90. The summed E-state index contributed by atoms with van der Waals surface area (Å²) in [6, 6.07) is 1.45. The summed E-state index contributed by atoms with van der Waals surface area (Å²) in [5.74, 6) is -0.449. The van der Waals surface area contributed by atoms with Crippen molar-refractivity contribution >= 4 is 17.2 Å². The molecule has 2 heterocycles. The first-order valence-corrected chi connectivity index (χ1v) is 4.19. The fourth-order valence-corrected chi connectivity index (χ4v) is 1.14. The fourth-order valence-electron chi connectivity index (χ4n) is 1.14. The van der Waals surface area contributed by atoms with Gasteiger partial charge in [-0.1, -0.05) is 6.92 Å². The number of oxazole rings is 1. The number of carboxylic acids is 1. The maximum Gasteiger partial charge on any atom is 0.337 e. The summed E-state index contributed by atoms with van der Waals surface area (Å²) >= 11 is 0. The number of aromatic nitrogens is 2. The average Bonchev–Trinajstić information content (AvgIpc) is 2.58. The summed E-state index contributed by atoms with van der Waals surface area (Å²) in [6.45, 7) is 1.91. The summed E-state index contributed by atoms with van der Waals surface area (Å²) in [5, 5.41) is 8.71. The average molecular weight is 192 g/mol. The smallest absolute Gasteiger partial charge is 0.337 e. The van der Waals surface area contributed by atoms with Gasteiger partial charge in [0.25, 0.3) is 0 Å². The minimum Gasteiger partial charge on any atom is -0.478 e. The van der Waals surface area contributed by atoms with E-state index in [9.17, 15) is 4.79 Å². The van der Waals surface area contributed by atoms with Gasteiger partial charge in [0.15, 0.2) is 5.89 Å².